The molecule has 0 aromatic carbocycles. The Labute approximate surface area is 143 Å². The zero-order valence-electron chi connectivity index (χ0n) is 14.1. The van der Waals surface area contributed by atoms with Crippen LogP contribution in [0.2, 0.25) is 0 Å². The van der Waals surface area contributed by atoms with E-state index in [1.165, 1.54) is 0 Å². The molecule has 2 aromatic heterocycles. The Kier molecular flexibility index (Phi) is 4.68. The van der Waals surface area contributed by atoms with Crippen molar-refractivity contribution >= 4 is 22.7 Å². The molecule has 0 radical (unpaired) electrons. The highest BCUT2D eigenvalue weighted by Crippen LogP contribution is 2.34. The van der Waals surface area contributed by atoms with Crippen LogP contribution in [0.15, 0.2) is 6.07 Å². The van der Waals surface area contributed by atoms with Crippen LogP contribution in [0.3, 0.4) is 0 Å². The largest absolute Gasteiger partial charge is 0.433 e. The molecule has 4 N–H and O–H groups in total. The number of aromatic nitrogens is 3. The van der Waals surface area contributed by atoms with Crippen LogP contribution >= 0.6 is 0 Å². The first-order chi connectivity index (χ1) is 11.8. The normalized spacial score (nSPS) is 18.7. The van der Waals surface area contributed by atoms with Gasteiger partial charge < -0.3 is 16.4 Å². The third kappa shape index (κ3) is 3.76. The highest BCUT2D eigenvalue weighted by atomic mass is 19.4. The average Bonchev–Trinajstić information content (AvgIpc) is 2.54. The summed E-state index contributed by atoms with van der Waals surface area (Å²) in [6.07, 6.45) is -2.55. The standard InChI is InChI=1S/C16H21F3N6/c1-8(2)12-10-6-11(16(17,18)19)23-14(20)13(10)25-15(24-12)22-9-4-3-5-21-7-9/h6,8-9,21H,3-5,7H2,1-2H3,(H2,20,23)(H,22,24,25). The van der Waals surface area contributed by atoms with Gasteiger partial charge in [0.25, 0.3) is 0 Å². The van der Waals surface area contributed by atoms with E-state index in [9.17, 15) is 13.2 Å². The molecular formula is C16H21F3N6. The molecule has 0 bridgehead atoms. The third-order valence-electron chi connectivity index (χ3n) is 4.21. The van der Waals surface area contributed by atoms with E-state index in [0.717, 1.165) is 32.0 Å². The zero-order chi connectivity index (χ0) is 18.2. The monoisotopic (exact) mass is 354 g/mol. The fourth-order valence-corrected chi connectivity index (χ4v) is 2.98. The predicted octanol–water partition coefficient (Wildman–Crippen LogP) is 2.91. The van der Waals surface area contributed by atoms with Crippen molar-refractivity contribution in [3.63, 3.8) is 0 Å². The van der Waals surface area contributed by atoms with Gasteiger partial charge in [-0.25, -0.2) is 15.0 Å². The summed E-state index contributed by atoms with van der Waals surface area (Å²) in [5.41, 5.74) is 5.53. The number of hydrogen-bond acceptors (Lipinski definition) is 6. The minimum Gasteiger partial charge on any atom is -0.382 e. The molecule has 0 saturated carbocycles. The summed E-state index contributed by atoms with van der Waals surface area (Å²) in [6, 6.07) is 1.15. The van der Waals surface area contributed by atoms with Crippen molar-refractivity contribution in [1.82, 2.24) is 20.3 Å². The number of rotatable bonds is 3. The number of nitrogens with one attached hydrogen (secondary N) is 2. The minimum atomic E-state index is -4.57. The quantitative estimate of drug-likeness (QED) is 0.785. The van der Waals surface area contributed by atoms with Crippen LogP contribution in [0.25, 0.3) is 10.9 Å². The molecule has 9 heteroatoms. The average molecular weight is 354 g/mol. The molecule has 1 aliphatic heterocycles. The molecule has 3 rings (SSSR count). The molecule has 25 heavy (non-hydrogen) atoms. The number of nitrogen functional groups attached to an aromatic ring is 1. The van der Waals surface area contributed by atoms with Gasteiger partial charge in [0.15, 0.2) is 5.82 Å². The molecule has 2 aromatic rings. The van der Waals surface area contributed by atoms with Gasteiger partial charge in [-0.1, -0.05) is 13.8 Å². The van der Waals surface area contributed by atoms with Crippen LogP contribution in [0, 0.1) is 0 Å². The highest BCUT2D eigenvalue weighted by Gasteiger charge is 2.34. The van der Waals surface area contributed by atoms with Crippen LogP contribution in [-0.4, -0.2) is 34.1 Å². The van der Waals surface area contributed by atoms with Crippen molar-refractivity contribution in [2.75, 3.05) is 24.1 Å². The molecule has 1 unspecified atom stereocenters. The lowest BCUT2D eigenvalue weighted by atomic mass is 10.0. The second kappa shape index (κ2) is 6.62. The summed E-state index contributed by atoms with van der Waals surface area (Å²) in [4.78, 5) is 12.3. The first-order valence-corrected chi connectivity index (χ1v) is 8.28. The van der Waals surface area contributed by atoms with Crippen molar-refractivity contribution in [2.24, 2.45) is 0 Å². The van der Waals surface area contributed by atoms with E-state index >= 15 is 0 Å². The smallest absolute Gasteiger partial charge is 0.382 e. The fraction of sp³-hybridized carbons (Fsp3) is 0.562. The lowest BCUT2D eigenvalue weighted by Crippen LogP contribution is -2.38. The second-order valence-electron chi connectivity index (χ2n) is 6.56. The second-order valence-corrected chi connectivity index (χ2v) is 6.56. The highest BCUT2D eigenvalue weighted by molar-refractivity contribution is 5.90. The van der Waals surface area contributed by atoms with E-state index in [-0.39, 0.29) is 23.3 Å². The van der Waals surface area contributed by atoms with Crippen LogP contribution < -0.4 is 16.4 Å². The van der Waals surface area contributed by atoms with E-state index < -0.39 is 11.9 Å². The number of piperidine rings is 1. The van der Waals surface area contributed by atoms with Gasteiger partial charge in [-0.15, -0.1) is 0 Å². The Morgan fingerprint density at radius 3 is 2.64 bits per heavy atom. The van der Waals surface area contributed by atoms with Crippen LogP contribution in [0.5, 0.6) is 0 Å². The first-order valence-electron chi connectivity index (χ1n) is 8.28. The number of fused-ring (bicyclic) bond motifs is 1. The SMILES string of the molecule is CC(C)c1nc(NC2CCCNC2)nc2c(N)nc(C(F)(F)F)cc12. The van der Waals surface area contributed by atoms with E-state index in [1.807, 2.05) is 13.8 Å². The first kappa shape index (κ1) is 17.7. The van der Waals surface area contributed by atoms with Gasteiger partial charge in [0.05, 0.1) is 5.69 Å². The zero-order valence-corrected chi connectivity index (χ0v) is 14.1. The molecule has 1 atom stereocenters. The topological polar surface area (TPSA) is 88.8 Å². The van der Waals surface area contributed by atoms with Crippen molar-refractivity contribution < 1.29 is 13.2 Å². The predicted molar refractivity (Wildman–Crippen MR) is 90.4 cm³/mol. The number of nitrogens with two attached hydrogens (primary N) is 1. The lowest BCUT2D eigenvalue weighted by molar-refractivity contribution is -0.140. The van der Waals surface area contributed by atoms with Gasteiger partial charge in [-0.2, -0.15) is 13.2 Å². The molecule has 0 aliphatic carbocycles. The van der Waals surface area contributed by atoms with Crippen molar-refractivity contribution in [3.05, 3.63) is 17.5 Å². The summed E-state index contributed by atoms with van der Waals surface area (Å²) in [5.74, 6) is 0.0514. The van der Waals surface area contributed by atoms with Gasteiger partial charge in [0.1, 0.15) is 11.2 Å². The van der Waals surface area contributed by atoms with Crippen molar-refractivity contribution in [1.29, 1.82) is 0 Å². The van der Waals surface area contributed by atoms with Crippen LogP contribution in [-0.2, 0) is 6.18 Å². The van der Waals surface area contributed by atoms with Crippen LogP contribution in [0.1, 0.15) is 44.0 Å². The summed E-state index contributed by atoms with van der Waals surface area (Å²) in [5, 5.41) is 6.83. The van der Waals surface area contributed by atoms with E-state index in [4.69, 9.17) is 5.73 Å². The maximum absolute atomic E-state index is 13.0. The van der Waals surface area contributed by atoms with Gasteiger partial charge in [0, 0.05) is 18.0 Å². The Bertz CT molecular complexity index is 769. The minimum absolute atomic E-state index is 0.0848. The van der Waals surface area contributed by atoms with Gasteiger partial charge in [0.2, 0.25) is 5.95 Å². The third-order valence-corrected chi connectivity index (χ3v) is 4.21. The summed E-state index contributed by atoms with van der Waals surface area (Å²) in [6.45, 7) is 5.51. The number of alkyl halides is 3. The van der Waals surface area contributed by atoms with Gasteiger partial charge in [-0.3, -0.25) is 0 Å². The molecule has 1 saturated heterocycles. The van der Waals surface area contributed by atoms with Gasteiger partial charge >= 0.3 is 6.18 Å². The van der Waals surface area contributed by atoms with Crippen molar-refractivity contribution in [2.45, 2.75) is 44.8 Å². The van der Waals surface area contributed by atoms with Gasteiger partial charge in [-0.05, 0) is 31.4 Å². The molecule has 6 nitrogen and oxygen atoms in total. The molecule has 3 heterocycles. The molecule has 0 spiro atoms. The molecule has 0 amide bonds. The maximum atomic E-state index is 13.0. The maximum Gasteiger partial charge on any atom is 0.433 e. The van der Waals surface area contributed by atoms with E-state index in [0.29, 0.717) is 17.0 Å². The lowest BCUT2D eigenvalue weighted by Gasteiger charge is -2.24. The Balaban J connectivity index is 2.08. The van der Waals surface area contributed by atoms with E-state index in [2.05, 4.69) is 25.6 Å². The molecule has 136 valence electrons. The Morgan fingerprint density at radius 1 is 1.28 bits per heavy atom. The number of nitrogens with zero attached hydrogens (tertiary/aromatic N) is 3. The molecule has 1 fully saturated rings. The summed E-state index contributed by atoms with van der Waals surface area (Å²) < 4.78 is 39.1. The Hall–Kier alpha value is -2.16. The van der Waals surface area contributed by atoms with Crippen LogP contribution in [0.4, 0.5) is 24.9 Å². The van der Waals surface area contributed by atoms with E-state index in [1.54, 1.807) is 0 Å². The number of pyridine rings is 1. The van der Waals surface area contributed by atoms with Crippen molar-refractivity contribution in [3.8, 4) is 0 Å². The molecule has 1 aliphatic rings. The number of anilines is 2. The Morgan fingerprint density at radius 2 is 2.04 bits per heavy atom. The summed E-state index contributed by atoms with van der Waals surface area (Å²) in [7, 11) is 0. The number of hydrogen-bond donors (Lipinski definition) is 3. The summed E-state index contributed by atoms with van der Waals surface area (Å²) >= 11 is 0. The number of halogens is 3. The fourth-order valence-electron chi connectivity index (χ4n) is 2.98. The molecular weight excluding hydrogens is 333 g/mol.